The van der Waals surface area contributed by atoms with Gasteiger partial charge < -0.3 is 29.2 Å². The van der Waals surface area contributed by atoms with Crippen molar-refractivity contribution in [1.29, 1.82) is 0 Å². The monoisotopic (exact) mass is 552 g/mol. The van der Waals surface area contributed by atoms with Crippen LogP contribution in [0, 0.1) is 0 Å². The van der Waals surface area contributed by atoms with Gasteiger partial charge in [0.05, 0.1) is 11.4 Å². The van der Waals surface area contributed by atoms with E-state index in [9.17, 15) is 14.4 Å². The first-order valence-electron chi connectivity index (χ1n) is 11.6. The molecule has 11 nitrogen and oxygen atoms in total. The van der Waals surface area contributed by atoms with Gasteiger partial charge in [0.1, 0.15) is 16.4 Å². The maximum atomic E-state index is 13.0. The van der Waals surface area contributed by atoms with Crippen molar-refractivity contribution < 1.29 is 14.4 Å². The van der Waals surface area contributed by atoms with E-state index >= 15 is 0 Å². The molecular formula is C25H28N8O3S2. The van der Waals surface area contributed by atoms with Crippen LogP contribution in [0.3, 0.4) is 0 Å². The lowest BCUT2D eigenvalue weighted by atomic mass is 10.3. The molecule has 38 heavy (non-hydrogen) atoms. The summed E-state index contributed by atoms with van der Waals surface area (Å²) in [6, 6.07) is 8.99. The number of anilines is 2. The fourth-order valence-corrected chi connectivity index (χ4v) is 5.56. The van der Waals surface area contributed by atoms with Crippen LogP contribution in [0.4, 0.5) is 11.4 Å². The SMILES string of the molecule is CN(CCSSc1ccccn1)C(=O)c1cc(NC(=O)c2cc(NC(=O)c3nccn3C)cn2C)cn1C. The molecule has 3 amide bonds. The average molecular weight is 553 g/mol. The summed E-state index contributed by atoms with van der Waals surface area (Å²) >= 11 is 0. The van der Waals surface area contributed by atoms with Gasteiger partial charge in [0.25, 0.3) is 17.7 Å². The van der Waals surface area contributed by atoms with Crippen molar-refractivity contribution in [1.82, 2.24) is 28.6 Å². The molecule has 2 N–H and O–H groups in total. The van der Waals surface area contributed by atoms with Gasteiger partial charge in [-0.2, -0.15) is 0 Å². The summed E-state index contributed by atoms with van der Waals surface area (Å²) in [5.74, 6) is 0.112. The van der Waals surface area contributed by atoms with Crippen LogP contribution >= 0.6 is 21.6 Å². The zero-order chi connectivity index (χ0) is 27.2. The summed E-state index contributed by atoms with van der Waals surface area (Å²) in [6.07, 6.45) is 8.31. The average Bonchev–Trinajstić information content (AvgIpc) is 3.59. The quantitative estimate of drug-likeness (QED) is 0.228. The Hall–Kier alpha value is -3.97. The fraction of sp³-hybridized carbons (Fsp3) is 0.240. The van der Waals surface area contributed by atoms with E-state index in [1.165, 1.54) is 6.20 Å². The number of hydrogen-bond acceptors (Lipinski definition) is 7. The molecule has 0 atom stereocenters. The van der Waals surface area contributed by atoms with Gasteiger partial charge in [0, 0.05) is 71.5 Å². The number of rotatable bonds is 10. The third-order valence-electron chi connectivity index (χ3n) is 5.64. The molecule has 0 aliphatic rings. The number of carbonyl (C=O) groups excluding carboxylic acids is 3. The lowest BCUT2D eigenvalue weighted by molar-refractivity contribution is 0.0794. The molecule has 0 radical (unpaired) electrons. The summed E-state index contributed by atoms with van der Waals surface area (Å²) in [5, 5.41) is 6.51. The normalized spacial score (nSPS) is 10.8. The number of nitrogens with zero attached hydrogens (tertiary/aromatic N) is 6. The van der Waals surface area contributed by atoms with Gasteiger partial charge in [-0.3, -0.25) is 14.4 Å². The molecule has 0 aliphatic heterocycles. The Labute approximate surface area is 228 Å². The number of aryl methyl sites for hydroxylation is 3. The third kappa shape index (κ3) is 6.47. The third-order valence-corrected chi connectivity index (χ3v) is 7.89. The van der Waals surface area contributed by atoms with Crippen LogP contribution in [0.25, 0.3) is 0 Å². The van der Waals surface area contributed by atoms with E-state index < -0.39 is 0 Å². The summed E-state index contributed by atoms with van der Waals surface area (Å²) in [6.45, 7) is 0.562. The second-order valence-electron chi connectivity index (χ2n) is 8.52. The molecule has 0 spiro atoms. The first-order chi connectivity index (χ1) is 18.2. The van der Waals surface area contributed by atoms with Gasteiger partial charge in [-0.05, 0) is 35.1 Å². The predicted molar refractivity (Wildman–Crippen MR) is 149 cm³/mol. The Kier molecular flexibility index (Phi) is 8.59. The highest BCUT2D eigenvalue weighted by Gasteiger charge is 2.19. The number of nitrogens with one attached hydrogen (secondary N) is 2. The molecule has 13 heteroatoms. The first-order valence-corrected chi connectivity index (χ1v) is 13.9. The number of pyridine rings is 1. The van der Waals surface area contributed by atoms with E-state index in [0.29, 0.717) is 29.3 Å². The van der Waals surface area contributed by atoms with Crippen LogP contribution in [-0.4, -0.2) is 65.6 Å². The number of aromatic nitrogens is 5. The lowest BCUT2D eigenvalue weighted by Gasteiger charge is -2.16. The molecule has 0 bridgehead atoms. The van der Waals surface area contributed by atoms with E-state index in [0.717, 1.165) is 10.8 Å². The Balaban J connectivity index is 1.33. The maximum absolute atomic E-state index is 13.0. The number of carbonyl (C=O) groups is 3. The summed E-state index contributed by atoms with van der Waals surface area (Å²) in [4.78, 5) is 48.3. The van der Waals surface area contributed by atoms with E-state index in [1.807, 2.05) is 18.2 Å². The predicted octanol–water partition coefficient (Wildman–Crippen LogP) is 3.51. The molecule has 0 aromatic carbocycles. The van der Waals surface area contributed by atoms with Crippen LogP contribution in [-0.2, 0) is 21.1 Å². The molecular weight excluding hydrogens is 524 g/mol. The smallest absolute Gasteiger partial charge is 0.291 e. The van der Waals surface area contributed by atoms with Gasteiger partial charge in [0.15, 0.2) is 5.82 Å². The zero-order valence-corrected chi connectivity index (χ0v) is 23.0. The molecule has 4 heterocycles. The Morgan fingerprint density at radius 2 is 1.58 bits per heavy atom. The van der Waals surface area contributed by atoms with Gasteiger partial charge in [-0.25, -0.2) is 9.97 Å². The van der Waals surface area contributed by atoms with Crippen molar-refractivity contribution in [2.75, 3.05) is 30.0 Å². The fourth-order valence-electron chi connectivity index (χ4n) is 3.64. The van der Waals surface area contributed by atoms with Crippen LogP contribution in [0.1, 0.15) is 31.6 Å². The molecule has 0 aliphatic carbocycles. The number of hydrogen-bond donors (Lipinski definition) is 2. The highest BCUT2D eigenvalue weighted by Crippen LogP contribution is 2.28. The minimum absolute atomic E-state index is 0.144. The number of amides is 3. The molecule has 4 aromatic heterocycles. The van der Waals surface area contributed by atoms with E-state index in [1.54, 1.807) is 105 Å². The van der Waals surface area contributed by atoms with E-state index in [-0.39, 0.29) is 23.5 Å². The van der Waals surface area contributed by atoms with E-state index in [2.05, 4.69) is 20.6 Å². The topological polar surface area (TPSA) is 119 Å². The maximum Gasteiger partial charge on any atom is 0.291 e. The highest BCUT2D eigenvalue weighted by atomic mass is 33.1. The summed E-state index contributed by atoms with van der Waals surface area (Å²) in [5.41, 5.74) is 1.76. The van der Waals surface area contributed by atoms with Crippen molar-refractivity contribution in [3.05, 3.63) is 78.5 Å². The minimum Gasteiger partial charge on any atom is -0.344 e. The second kappa shape index (κ2) is 12.0. The molecule has 0 saturated carbocycles. The van der Waals surface area contributed by atoms with Gasteiger partial charge in [-0.1, -0.05) is 16.9 Å². The van der Waals surface area contributed by atoms with Crippen molar-refractivity contribution in [3.8, 4) is 0 Å². The molecule has 4 rings (SSSR count). The number of imidazole rings is 1. The summed E-state index contributed by atoms with van der Waals surface area (Å²) in [7, 11) is 10.2. The largest absolute Gasteiger partial charge is 0.344 e. The van der Waals surface area contributed by atoms with Crippen molar-refractivity contribution >= 4 is 50.7 Å². The molecule has 0 fully saturated rings. The van der Waals surface area contributed by atoms with Crippen LogP contribution in [0.5, 0.6) is 0 Å². The van der Waals surface area contributed by atoms with Crippen molar-refractivity contribution in [2.45, 2.75) is 5.03 Å². The van der Waals surface area contributed by atoms with Gasteiger partial charge in [0.2, 0.25) is 0 Å². The molecule has 198 valence electrons. The highest BCUT2D eigenvalue weighted by molar-refractivity contribution is 8.76. The van der Waals surface area contributed by atoms with Gasteiger partial charge in [-0.15, -0.1) is 0 Å². The van der Waals surface area contributed by atoms with Crippen molar-refractivity contribution in [3.63, 3.8) is 0 Å². The van der Waals surface area contributed by atoms with Crippen LogP contribution in [0.15, 0.2) is 66.3 Å². The lowest BCUT2D eigenvalue weighted by Crippen LogP contribution is -2.30. The Morgan fingerprint density at radius 1 is 0.895 bits per heavy atom. The molecule has 4 aromatic rings. The zero-order valence-electron chi connectivity index (χ0n) is 21.4. The molecule has 0 saturated heterocycles. The van der Waals surface area contributed by atoms with E-state index in [4.69, 9.17) is 0 Å². The first kappa shape index (κ1) is 27.1. The standard InChI is InChI=1S/C25H28N8O3S2/c1-30-10-9-27-22(30)24(35)29-17-13-19(32(3)15-17)23(34)28-18-14-20(33(4)16-18)25(36)31(2)11-12-37-38-21-7-5-6-8-26-21/h5-10,13-16H,11-12H2,1-4H3,(H,28,34)(H,29,35). The van der Waals surface area contributed by atoms with Crippen molar-refractivity contribution in [2.24, 2.45) is 21.1 Å². The molecule has 0 unspecified atom stereocenters. The van der Waals surface area contributed by atoms with Gasteiger partial charge >= 0.3 is 0 Å². The van der Waals surface area contributed by atoms with Crippen LogP contribution in [0.2, 0.25) is 0 Å². The Morgan fingerprint density at radius 3 is 2.24 bits per heavy atom. The van der Waals surface area contributed by atoms with Crippen LogP contribution < -0.4 is 10.6 Å². The summed E-state index contributed by atoms with van der Waals surface area (Å²) < 4.78 is 4.91. The second-order valence-corrected chi connectivity index (χ2v) is 11.0. The minimum atomic E-state index is -0.376. The Bertz CT molecular complexity index is 1440.